The highest BCUT2D eigenvalue weighted by Crippen LogP contribution is 2.41. The van der Waals surface area contributed by atoms with E-state index in [1.165, 1.54) is 12.8 Å². The molecule has 0 spiro atoms. The van der Waals surface area contributed by atoms with E-state index in [-0.39, 0.29) is 17.4 Å². The maximum atomic E-state index is 6.22. The molecule has 110 valence electrons. The summed E-state index contributed by atoms with van der Waals surface area (Å²) in [7, 11) is 0. The van der Waals surface area contributed by atoms with E-state index in [9.17, 15) is 0 Å². The van der Waals surface area contributed by atoms with Crippen molar-refractivity contribution in [3.63, 3.8) is 0 Å². The number of hydrogen-bond donors (Lipinski definition) is 1. The summed E-state index contributed by atoms with van der Waals surface area (Å²) in [6.45, 7) is 7.42. The standard InChI is InChI=1S/C15H28N2O2/c1-12-18-13-5-3-4-6-15(13,19-12)11-17-9-7-14(2,16)8-10-17/h12-13H,3-11,16H2,1-2H3. The van der Waals surface area contributed by atoms with Crippen LogP contribution >= 0.6 is 0 Å². The van der Waals surface area contributed by atoms with Crippen molar-refractivity contribution in [3.8, 4) is 0 Å². The molecule has 3 rings (SSSR count). The molecule has 1 saturated carbocycles. The molecule has 3 atom stereocenters. The Labute approximate surface area is 116 Å². The third kappa shape index (κ3) is 2.82. The van der Waals surface area contributed by atoms with E-state index in [1.54, 1.807) is 0 Å². The molecule has 2 heterocycles. The van der Waals surface area contributed by atoms with Crippen LogP contribution < -0.4 is 5.73 Å². The highest BCUT2D eigenvalue weighted by molar-refractivity contribution is 5.00. The fourth-order valence-electron chi connectivity index (χ4n) is 3.91. The fourth-order valence-corrected chi connectivity index (χ4v) is 3.91. The van der Waals surface area contributed by atoms with Gasteiger partial charge in [-0.1, -0.05) is 12.8 Å². The van der Waals surface area contributed by atoms with Gasteiger partial charge >= 0.3 is 0 Å². The van der Waals surface area contributed by atoms with Crippen LogP contribution in [-0.4, -0.2) is 48.1 Å². The zero-order valence-electron chi connectivity index (χ0n) is 12.4. The molecular weight excluding hydrogens is 240 g/mol. The summed E-state index contributed by atoms with van der Waals surface area (Å²) in [5.41, 5.74) is 6.20. The summed E-state index contributed by atoms with van der Waals surface area (Å²) >= 11 is 0. The molecule has 0 aromatic carbocycles. The first kappa shape index (κ1) is 13.8. The minimum atomic E-state index is -0.0417. The Morgan fingerprint density at radius 3 is 2.68 bits per heavy atom. The first-order valence-electron chi connectivity index (χ1n) is 7.84. The van der Waals surface area contributed by atoms with Gasteiger partial charge in [-0.3, -0.25) is 0 Å². The van der Waals surface area contributed by atoms with Crippen molar-refractivity contribution in [2.24, 2.45) is 5.73 Å². The molecule has 3 fully saturated rings. The highest BCUT2D eigenvalue weighted by Gasteiger charge is 2.50. The number of nitrogens with zero attached hydrogens (tertiary/aromatic N) is 1. The van der Waals surface area contributed by atoms with Gasteiger partial charge in [-0.2, -0.15) is 0 Å². The van der Waals surface area contributed by atoms with Gasteiger partial charge < -0.3 is 20.1 Å². The summed E-state index contributed by atoms with van der Waals surface area (Å²) in [6.07, 6.45) is 7.31. The number of rotatable bonds is 2. The largest absolute Gasteiger partial charge is 0.347 e. The number of ether oxygens (including phenoxy) is 2. The predicted molar refractivity (Wildman–Crippen MR) is 74.9 cm³/mol. The van der Waals surface area contributed by atoms with E-state index in [1.807, 2.05) is 6.92 Å². The van der Waals surface area contributed by atoms with Crippen molar-refractivity contribution in [2.75, 3.05) is 19.6 Å². The predicted octanol–water partition coefficient (Wildman–Crippen LogP) is 1.87. The first-order chi connectivity index (χ1) is 8.99. The van der Waals surface area contributed by atoms with Gasteiger partial charge in [-0.25, -0.2) is 0 Å². The summed E-state index contributed by atoms with van der Waals surface area (Å²) in [6, 6.07) is 0. The van der Waals surface area contributed by atoms with Crippen LogP contribution in [0.1, 0.15) is 52.4 Å². The van der Waals surface area contributed by atoms with Crippen molar-refractivity contribution >= 4 is 0 Å². The van der Waals surface area contributed by atoms with Gasteiger partial charge in [0.15, 0.2) is 6.29 Å². The fraction of sp³-hybridized carbons (Fsp3) is 1.00. The number of hydrogen-bond acceptors (Lipinski definition) is 4. The highest BCUT2D eigenvalue weighted by atomic mass is 16.7. The quantitative estimate of drug-likeness (QED) is 0.830. The molecule has 2 N–H and O–H groups in total. The lowest BCUT2D eigenvalue weighted by atomic mass is 9.81. The summed E-state index contributed by atoms with van der Waals surface area (Å²) < 4.78 is 12.2. The SMILES string of the molecule is CC1OC2CCCCC2(CN2CCC(C)(N)CC2)O1. The lowest BCUT2D eigenvalue weighted by molar-refractivity contribution is -0.0930. The number of likely N-dealkylation sites (tertiary alicyclic amines) is 1. The Morgan fingerprint density at radius 2 is 1.95 bits per heavy atom. The van der Waals surface area contributed by atoms with Crippen LogP contribution in [0.15, 0.2) is 0 Å². The Hall–Kier alpha value is -0.160. The minimum absolute atomic E-state index is 0.0282. The second-order valence-corrected chi connectivity index (χ2v) is 7.05. The topological polar surface area (TPSA) is 47.7 Å². The zero-order valence-corrected chi connectivity index (χ0v) is 12.4. The number of nitrogens with two attached hydrogens (primary N) is 1. The zero-order chi connectivity index (χ0) is 13.5. The van der Waals surface area contributed by atoms with Gasteiger partial charge in [-0.05, 0) is 52.6 Å². The van der Waals surface area contributed by atoms with Crippen LogP contribution in [0.5, 0.6) is 0 Å². The van der Waals surface area contributed by atoms with Gasteiger partial charge in [0.05, 0.1) is 6.10 Å². The lowest BCUT2D eigenvalue weighted by Gasteiger charge is -2.43. The maximum Gasteiger partial charge on any atom is 0.156 e. The average Bonchev–Trinajstić information content (AvgIpc) is 2.68. The summed E-state index contributed by atoms with van der Waals surface area (Å²) in [5, 5.41) is 0. The van der Waals surface area contributed by atoms with Crippen molar-refractivity contribution in [1.29, 1.82) is 0 Å². The Bertz CT molecular complexity index is 324. The Kier molecular flexibility index (Phi) is 3.63. The smallest absolute Gasteiger partial charge is 0.156 e. The second-order valence-electron chi connectivity index (χ2n) is 7.05. The lowest BCUT2D eigenvalue weighted by Crippen LogP contribution is -2.56. The molecule has 3 aliphatic rings. The normalized spacial score (nSPS) is 43.1. The maximum absolute atomic E-state index is 6.22. The second kappa shape index (κ2) is 4.99. The number of fused-ring (bicyclic) bond motifs is 1. The summed E-state index contributed by atoms with van der Waals surface area (Å²) in [4.78, 5) is 2.54. The van der Waals surface area contributed by atoms with Crippen LogP contribution in [0.3, 0.4) is 0 Å². The van der Waals surface area contributed by atoms with Crippen molar-refractivity contribution in [3.05, 3.63) is 0 Å². The van der Waals surface area contributed by atoms with Gasteiger partial charge in [-0.15, -0.1) is 0 Å². The first-order valence-corrected chi connectivity index (χ1v) is 7.84. The molecule has 19 heavy (non-hydrogen) atoms. The monoisotopic (exact) mass is 268 g/mol. The van der Waals surface area contributed by atoms with Gasteiger partial charge in [0.1, 0.15) is 5.60 Å². The van der Waals surface area contributed by atoms with Crippen molar-refractivity contribution < 1.29 is 9.47 Å². The third-order valence-corrected chi connectivity index (χ3v) is 5.15. The average molecular weight is 268 g/mol. The molecule has 2 aliphatic heterocycles. The molecule has 4 nitrogen and oxygen atoms in total. The van der Waals surface area contributed by atoms with Crippen LogP contribution in [0, 0.1) is 0 Å². The van der Waals surface area contributed by atoms with E-state index < -0.39 is 0 Å². The Balaban J connectivity index is 1.64. The molecule has 1 aliphatic carbocycles. The third-order valence-electron chi connectivity index (χ3n) is 5.15. The molecule has 0 bridgehead atoms. The van der Waals surface area contributed by atoms with Crippen LogP contribution in [0.4, 0.5) is 0 Å². The van der Waals surface area contributed by atoms with E-state index in [0.717, 1.165) is 45.3 Å². The van der Waals surface area contributed by atoms with Crippen molar-refractivity contribution in [1.82, 2.24) is 4.90 Å². The van der Waals surface area contributed by atoms with E-state index in [2.05, 4.69) is 11.8 Å². The molecule has 3 unspecified atom stereocenters. The summed E-state index contributed by atoms with van der Waals surface area (Å²) in [5.74, 6) is 0. The van der Waals surface area contributed by atoms with E-state index in [4.69, 9.17) is 15.2 Å². The van der Waals surface area contributed by atoms with Crippen LogP contribution in [-0.2, 0) is 9.47 Å². The van der Waals surface area contributed by atoms with E-state index in [0.29, 0.717) is 6.10 Å². The van der Waals surface area contributed by atoms with Gasteiger partial charge in [0.25, 0.3) is 0 Å². The van der Waals surface area contributed by atoms with Crippen molar-refractivity contribution in [2.45, 2.75) is 75.9 Å². The number of piperidine rings is 1. The van der Waals surface area contributed by atoms with Gasteiger partial charge in [0.2, 0.25) is 0 Å². The molecule has 2 saturated heterocycles. The van der Waals surface area contributed by atoms with E-state index >= 15 is 0 Å². The molecule has 0 amide bonds. The van der Waals surface area contributed by atoms with Crippen LogP contribution in [0.25, 0.3) is 0 Å². The van der Waals surface area contributed by atoms with Gasteiger partial charge in [0, 0.05) is 12.1 Å². The molecule has 0 aromatic rings. The molecular formula is C15H28N2O2. The molecule has 0 aromatic heterocycles. The van der Waals surface area contributed by atoms with Crippen LogP contribution in [0.2, 0.25) is 0 Å². The minimum Gasteiger partial charge on any atom is -0.347 e. The molecule has 0 radical (unpaired) electrons. The Morgan fingerprint density at radius 1 is 1.21 bits per heavy atom. The molecule has 4 heteroatoms.